The second-order valence-corrected chi connectivity index (χ2v) is 3.41. The van der Waals surface area contributed by atoms with Gasteiger partial charge in [-0.15, -0.1) is 12.3 Å². The number of nitrogens with two attached hydrogens (primary N) is 1. The van der Waals surface area contributed by atoms with Gasteiger partial charge in [0.1, 0.15) is 0 Å². The standard InChI is InChI=1S/C13H15NO/c1-2-3-5-10-12(15)13(14)11-8-6-4-7-9-11/h1,4,6-9,13H,3,5,10,14H2/t13-/m1/s1. The van der Waals surface area contributed by atoms with Gasteiger partial charge in [-0.3, -0.25) is 4.79 Å². The van der Waals surface area contributed by atoms with Gasteiger partial charge in [-0.05, 0) is 12.0 Å². The molecule has 0 aliphatic carbocycles. The second kappa shape index (κ2) is 6.00. The second-order valence-electron chi connectivity index (χ2n) is 3.41. The maximum atomic E-state index is 11.6. The molecule has 2 heteroatoms. The number of hydrogen-bond acceptors (Lipinski definition) is 2. The van der Waals surface area contributed by atoms with Gasteiger partial charge in [0.2, 0.25) is 0 Å². The molecule has 1 atom stereocenters. The number of carbonyl (C=O) groups excluding carboxylic acids is 1. The molecule has 0 aliphatic heterocycles. The van der Waals surface area contributed by atoms with Crippen LogP contribution in [0, 0.1) is 12.3 Å². The third-order valence-electron chi connectivity index (χ3n) is 2.25. The number of unbranched alkanes of at least 4 members (excludes halogenated alkanes) is 1. The molecular formula is C13H15NO. The molecule has 0 amide bonds. The molecule has 0 aromatic heterocycles. The molecule has 2 N–H and O–H groups in total. The average Bonchev–Trinajstić information content (AvgIpc) is 2.29. The van der Waals surface area contributed by atoms with E-state index in [4.69, 9.17) is 12.2 Å². The van der Waals surface area contributed by atoms with E-state index in [1.807, 2.05) is 30.3 Å². The van der Waals surface area contributed by atoms with Crippen LogP contribution in [0.5, 0.6) is 0 Å². The first-order valence-electron chi connectivity index (χ1n) is 5.02. The van der Waals surface area contributed by atoms with Crippen molar-refractivity contribution in [3.8, 4) is 12.3 Å². The summed E-state index contributed by atoms with van der Waals surface area (Å²) in [6.45, 7) is 0. The van der Waals surface area contributed by atoms with Crippen LogP contribution in [-0.2, 0) is 4.79 Å². The van der Waals surface area contributed by atoms with Crippen molar-refractivity contribution in [2.45, 2.75) is 25.3 Å². The van der Waals surface area contributed by atoms with Crippen molar-refractivity contribution in [2.24, 2.45) is 5.73 Å². The molecule has 0 radical (unpaired) electrons. The Bertz CT molecular complexity index is 351. The van der Waals surface area contributed by atoms with E-state index < -0.39 is 6.04 Å². The molecule has 1 aromatic carbocycles. The van der Waals surface area contributed by atoms with E-state index in [1.54, 1.807) is 0 Å². The Morgan fingerprint density at radius 1 is 1.40 bits per heavy atom. The molecule has 2 nitrogen and oxygen atoms in total. The molecule has 1 rings (SSSR count). The van der Waals surface area contributed by atoms with E-state index >= 15 is 0 Å². The van der Waals surface area contributed by atoms with Gasteiger partial charge in [-0.25, -0.2) is 0 Å². The van der Waals surface area contributed by atoms with Crippen molar-refractivity contribution in [2.75, 3.05) is 0 Å². The molecule has 1 aromatic rings. The lowest BCUT2D eigenvalue weighted by Crippen LogP contribution is -2.21. The Morgan fingerprint density at radius 3 is 2.67 bits per heavy atom. The molecule has 0 unspecified atom stereocenters. The van der Waals surface area contributed by atoms with Crippen LogP contribution in [0.1, 0.15) is 30.9 Å². The van der Waals surface area contributed by atoms with Crippen LogP contribution in [0.15, 0.2) is 30.3 Å². The van der Waals surface area contributed by atoms with Crippen molar-refractivity contribution in [1.29, 1.82) is 0 Å². The largest absolute Gasteiger partial charge is 0.318 e. The summed E-state index contributed by atoms with van der Waals surface area (Å²) in [5.74, 6) is 2.56. The molecule has 0 saturated heterocycles. The van der Waals surface area contributed by atoms with Crippen LogP contribution >= 0.6 is 0 Å². The van der Waals surface area contributed by atoms with Crippen LogP contribution in [0.3, 0.4) is 0 Å². The molecule has 0 aliphatic rings. The highest BCUT2D eigenvalue weighted by molar-refractivity contribution is 5.85. The van der Waals surface area contributed by atoms with Crippen LogP contribution in [-0.4, -0.2) is 5.78 Å². The van der Waals surface area contributed by atoms with E-state index in [0.717, 1.165) is 12.0 Å². The molecule has 78 valence electrons. The SMILES string of the molecule is C#CCCCC(=O)[C@H](N)c1ccccc1. The average molecular weight is 201 g/mol. The van der Waals surface area contributed by atoms with Crippen LogP contribution in [0.2, 0.25) is 0 Å². The quantitative estimate of drug-likeness (QED) is 0.585. The van der Waals surface area contributed by atoms with Gasteiger partial charge in [0.25, 0.3) is 0 Å². The van der Waals surface area contributed by atoms with Crippen LogP contribution in [0.4, 0.5) is 0 Å². The number of Topliss-reactive ketones (excluding diaryl/α,β-unsaturated/α-hetero) is 1. The highest BCUT2D eigenvalue weighted by atomic mass is 16.1. The molecule has 0 spiro atoms. The van der Waals surface area contributed by atoms with Gasteiger partial charge >= 0.3 is 0 Å². The predicted molar refractivity (Wildman–Crippen MR) is 61.1 cm³/mol. The monoisotopic (exact) mass is 201 g/mol. The molecule has 0 heterocycles. The number of terminal acetylenes is 1. The summed E-state index contributed by atoms with van der Waals surface area (Å²) in [6, 6.07) is 8.88. The normalized spacial score (nSPS) is 11.7. The lowest BCUT2D eigenvalue weighted by molar-refractivity contribution is -0.120. The molecule has 0 saturated carbocycles. The number of rotatable bonds is 5. The van der Waals surface area contributed by atoms with Gasteiger partial charge in [0.05, 0.1) is 6.04 Å². The third-order valence-corrected chi connectivity index (χ3v) is 2.25. The molecule has 15 heavy (non-hydrogen) atoms. The number of ketones is 1. The van der Waals surface area contributed by atoms with Gasteiger partial charge in [0, 0.05) is 12.8 Å². The van der Waals surface area contributed by atoms with Gasteiger partial charge in [-0.1, -0.05) is 30.3 Å². The molecule has 0 fully saturated rings. The number of hydrogen-bond donors (Lipinski definition) is 1. The summed E-state index contributed by atoms with van der Waals surface area (Å²) in [4.78, 5) is 11.6. The summed E-state index contributed by atoms with van der Waals surface area (Å²) in [6.07, 6.45) is 6.92. The van der Waals surface area contributed by atoms with Crippen molar-refractivity contribution in [3.05, 3.63) is 35.9 Å². The highest BCUT2D eigenvalue weighted by Gasteiger charge is 2.14. The molecule has 0 bridgehead atoms. The van der Waals surface area contributed by atoms with E-state index in [2.05, 4.69) is 5.92 Å². The lowest BCUT2D eigenvalue weighted by Gasteiger charge is -2.09. The maximum Gasteiger partial charge on any atom is 0.154 e. The fourth-order valence-corrected chi connectivity index (χ4v) is 1.37. The first-order chi connectivity index (χ1) is 7.25. The maximum absolute atomic E-state index is 11.6. The van der Waals surface area contributed by atoms with E-state index in [0.29, 0.717) is 12.8 Å². The van der Waals surface area contributed by atoms with E-state index in [1.165, 1.54) is 0 Å². The summed E-state index contributed by atoms with van der Waals surface area (Å²) < 4.78 is 0. The smallest absolute Gasteiger partial charge is 0.154 e. The van der Waals surface area contributed by atoms with Crippen LogP contribution in [0.25, 0.3) is 0 Å². The first kappa shape index (κ1) is 11.5. The summed E-state index contributed by atoms with van der Waals surface area (Å²) in [5.41, 5.74) is 6.68. The lowest BCUT2D eigenvalue weighted by atomic mass is 10.0. The number of carbonyl (C=O) groups is 1. The van der Waals surface area contributed by atoms with Crippen molar-refractivity contribution >= 4 is 5.78 Å². The minimum Gasteiger partial charge on any atom is -0.318 e. The summed E-state index contributed by atoms with van der Waals surface area (Å²) in [7, 11) is 0. The minimum absolute atomic E-state index is 0.0523. The molecular weight excluding hydrogens is 186 g/mol. The Labute approximate surface area is 90.5 Å². The Morgan fingerprint density at radius 2 is 2.07 bits per heavy atom. The Hall–Kier alpha value is -1.59. The van der Waals surface area contributed by atoms with Crippen molar-refractivity contribution in [3.63, 3.8) is 0 Å². The zero-order chi connectivity index (χ0) is 11.1. The third kappa shape index (κ3) is 3.57. The summed E-state index contributed by atoms with van der Waals surface area (Å²) in [5, 5.41) is 0. The van der Waals surface area contributed by atoms with E-state index in [-0.39, 0.29) is 5.78 Å². The predicted octanol–water partition coefficient (Wildman–Crippen LogP) is 2.06. The zero-order valence-corrected chi connectivity index (χ0v) is 8.65. The van der Waals surface area contributed by atoms with E-state index in [9.17, 15) is 4.79 Å². The fraction of sp³-hybridized carbons (Fsp3) is 0.308. The zero-order valence-electron chi connectivity index (χ0n) is 8.65. The summed E-state index contributed by atoms with van der Waals surface area (Å²) >= 11 is 0. The Kier molecular flexibility index (Phi) is 4.59. The van der Waals surface area contributed by atoms with Crippen molar-refractivity contribution in [1.82, 2.24) is 0 Å². The van der Waals surface area contributed by atoms with Crippen LogP contribution < -0.4 is 5.73 Å². The van der Waals surface area contributed by atoms with Gasteiger partial charge < -0.3 is 5.73 Å². The highest BCUT2D eigenvalue weighted by Crippen LogP contribution is 2.13. The fourth-order valence-electron chi connectivity index (χ4n) is 1.37. The minimum atomic E-state index is -0.510. The van der Waals surface area contributed by atoms with Crippen molar-refractivity contribution < 1.29 is 4.79 Å². The van der Waals surface area contributed by atoms with Gasteiger partial charge in [-0.2, -0.15) is 0 Å². The first-order valence-corrected chi connectivity index (χ1v) is 5.02. The topological polar surface area (TPSA) is 43.1 Å². The Balaban J connectivity index is 2.51. The number of benzene rings is 1. The van der Waals surface area contributed by atoms with Gasteiger partial charge in [0.15, 0.2) is 5.78 Å².